The summed E-state index contributed by atoms with van der Waals surface area (Å²) < 4.78 is 68.6. The number of anilines is 3. The van der Waals surface area contributed by atoms with Gasteiger partial charge < -0.3 is 15.0 Å². The van der Waals surface area contributed by atoms with Crippen LogP contribution in [-0.4, -0.2) is 47.0 Å². The van der Waals surface area contributed by atoms with E-state index in [1.807, 2.05) is 0 Å². The third-order valence-corrected chi connectivity index (χ3v) is 3.35. The van der Waals surface area contributed by atoms with Crippen molar-refractivity contribution >= 4 is 17.6 Å². The lowest BCUT2D eigenvalue weighted by Crippen LogP contribution is -2.34. The van der Waals surface area contributed by atoms with E-state index in [1.165, 1.54) is 24.3 Å². The van der Waals surface area contributed by atoms with Gasteiger partial charge in [-0.3, -0.25) is 0 Å². The quantitative estimate of drug-likeness (QED) is 0.655. The van der Waals surface area contributed by atoms with Crippen LogP contribution in [0.15, 0.2) is 24.3 Å². The average Bonchev–Trinajstić information content (AvgIpc) is 2.62. The lowest BCUT2D eigenvalue weighted by atomic mass is 10.3. The van der Waals surface area contributed by atoms with Gasteiger partial charge in [0, 0.05) is 18.8 Å². The van der Waals surface area contributed by atoms with E-state index >= 15 is 0 Å². The second-order valence-corrected chi connectivity index (χ2v) is 5.34. The van der Waals surface area contributed by atoms with Crippen LogP contribution in [0.3, 0.4) is 0 Å². The third kappa shape index (κ3) is 5.38. The van der Waals surface area contributed by atoms with Crippen LogP contribution < -0.4 is 15.0 Å². The van der Waals surface area contributed by atoms with Crippen molar-refractivity contribution in [2.75, 3.05) is 29.9 Å². The Balaban J connectivity index is 2.34. The molecule has 0 aliphatic carbocycles. The monoisotopic (exact) mass is 391 g/mol. The SMILES string of the molecule is CCNc1nc(OCC(F)(F)C(F)F)nc(N(CC)c2ccc(F)cc2)n1. The zero-order valence-electron chi connectivity index (χ0n) is 14.6. The largest absolute Gasteiger partial charge is 0.457 e. The summed E-state index contributed by atoms with van der Waals surface area (Å²) in [5.41, 5.74) is 0.538. The molecule has 148 valence electrons. The molecule has 1 aromatic carbocycles. The minimum absolute atomic E-state index is 0.0263. The maximum absolute atomic E-state index is 13.1. The molecular weight excluding hydrogens is 373 g/mol. The molecule has 0 saturated carbocycles. The highest BCUT2D eigenvalue weighted by molar-refractivity contribution is 5.58. The van der Waals surface area contributed by atoms with Crippen LogP contribution in [-0.2, 0) is 0 Å². The number of alkyl halides is 4. The van der Waals surface area contributed by atoms with Gasteiger partial charge in [-0.15, -0.1) is 0 Å². The van der Waals surface area contributed by atoms with Crippen molar-refractivity contribution in [3.05, 3.63) is 30.1 Å². The Hall–Kier alpha value is -2.72. The normalized spacial score (nSPS) is 11.6. The highest BCUT2D eigenvalue weighted by Gasteiger charge is 2.42. The van der Waals surface area contributed by atoms with E-state index in [1.54, 1.807) is 18.7 Å². The first-order valence-electron chi connectivity index (χ1n) is 8.08. The summed E-state index contributed by atoms with van der Waals surface area (Å²) >= 11 is 0. The van der Waals surface area contributed by atoms with Crippen molar-refractivity contribution in [1.82, 2.24) is 15.0 Å². The summed E-state index contributed by atoms with van der Waals surface area (Å²) in [4.78, 5) is 13.4. The molecule has 2 aromatic rings. The van der Waals surface area contributed by atoms with Gasteiger partial charge in [0.25, 0.3) is 0 Å². The number of halogens is 5. The molecule has 0 aliphatic heterocycles. The highest BCUT2D eigenvalue weighted by atomic mass is 19.3. The van der Waals surface area contributed by atoms with Crippen LogP contribution in [0.2, 0.25) is 0 Å². The van der Waals surface area contributed by atoms with E-state index in [0.717, 1.165) is 0 Å². The molecule has 0 atom stereocenters. The van der Waals surface area contributed by atoms with Crippen LogP contribution in [0.4, 0.5) is 39.5 Å². The second-order valence-electron chi connectivity index (χ2n) is 5.34. The van der Waals surface area contributed by atoms with Gasteiger partial charge in [0.1, 0.15) is 5.82 Å². The molecule has 0 bridgehead atoms. The van der Waals surface area contributed by atoms with Gasteiger partial charge in [0.05, 0.1) is 0 Å². The van der Waals surface area contributed by atoms with Gasteiger partial charge in [-0.2, -0.15) is 23.7 Å². The van der Waals surface area contributed by atoms with Crippen LogP contribution in [0.5, 0.6) is 6.01 Å². The fourth-order valence-electron chi connectivity index (χ4n) is 2.05. The van der Waals surface area contributed by atoms with E-state index in [9.17, 15) is 22.0 Å². The minimum atomic E-state index is -4.34. The van der Waals surface area contributed by atoms with Crippen molar-refractivity contribution in [2.45, 2.75) is 26.2 Å². The summed E-state index contributed by atoms with van der Waals surface area (Å²) in [5.74, 6) is -4.71. The van der Waals surface area contributed by atoms with Crippen molar-refractivity contribution in [3.8, 4) is 6.01 Å². The number of hydrogen-bond acceptors (Lipinski definition) is 6. The molecule has 2 rings (SSSR count). The third-order valence-electron chi connectivity index (χ3n) is 3.35. The second kappa shape index (κ2) is 8.78. The molecule has 6 nitrogen and oxygen atoms in total. The maximum Gasteiger partial charge on any atom is 0.340 e. The number of nitrogens with zero attached hydrogens (tertiary/aromatic N) is 4. The number of rotatable bonds is 9. The lowest BCUT2D eigenvalue weighted by molar-refractivity contribution is -0.149. The molecule has 0 saturated heterocycles. The fraction of sp³-hybridized carbons (Fsp3) is 0.438. The molecule has 27 heavy (non-hydrogen) atoms. The van der Waals surface area contributed by atoms with Crippen LogP contribution >= 0.6 is 0 Å². The Kier molecular flexibility index (Phi) is 6.70. The molecule has 0 amide bonds. The molecule has 0 unspecified atom stereocenters. The van der Waals surface area contributed by atoms with E-state index in [-0.39, 0.29) is 11.9 Å². The predicted octanol–water partition coefficient (Wildman–Crippen LogP) is 3.88. The smallest absolute Gasteiger partial charge is 0.340 e. The molecular formula is C16H18F5N5O. The summed E-state index contributed by atoms with van der Waals surface area (Å²) in [6.45, 7) is 2.72. The Bertz CT molecular complexity index is 744. The average molecular weight is 391 g/mol. The molecule has 1 heterocycles. The Morgan fingerprint density at radius 3 is 2.33 bits per heavy atom. The summed E-state index contributed by atoms with van der Waals surface area (Å²) in [6, 6.07) is 4.93. The topological polar surface area (TPSA) is 63.2 Å². The Morgan fingerprint density at radius 2 is 1.78 bits per heavy atom. The number of nitrogens with one attached hydrogen (secondary N) is 1. The van der Waals surface area contributed by atoms with E-state index < -0.39 is 30.8 Å². The summed E-state index contributed by atoms with van der Waals surface area (Å²) in [6.07, 6.45) is -3.88. The highest BCUT2D eigenvalue weighted by Crippen LogP contribution is 2.26. The van der Waals surface area contributed by atoms with Crippen molar-refractivity contribution in [2.24, 2.45) is 0 Å². The molecule has 0 aliphatic rings. The van der Waals surface area contributed by atoms with Crippen LogP contribution in [0.25, 0.3) is 0 Å². The standard InChI is InChI=1S/C16H18F5N5O/c1-3-22-13-23-14(26(4-2)11-7-5-10(17)6-8-11)25-15(24-13)27-9-16(20,21)12(18)19/h5-8,12H,3-4,9H2,1-2H3,(H,22,23,24,25). The van der Waals surface area contributed by atoms with Crippen molar-refractivity contribution < 1.29 is 26.7 Å². The lowest BCUT2D eigenvalue weighted by Gasteiger charge is -2.22. The number of hydrogen-bond donors (Lipinski definition) is 1. The maximum atomic E-state index is 13.1. The molecule has 0 fully saturated rings. The number of ether oxygens (including phenoxy) is 1. The molecule has 1 N–H and O–H groups in total. The Labute approximate surface area is 152 Å². The molecule has 0 radical (unpaired) electrons. The van der Waals surface area contributed by atoms with Gasteiger partial charge >= 0.3 is 18.4 Å². The van der Waals surface area contributed by atoms with Crippen molar-refractivity contribution in [3.63, 3.8) is 0 Å². The van der Waals surface area contributed by atoms with Gasteiger partial charge in [0.2, 0.25) is 11.9 Å². The first-order valence-corrected chi connectivity index (χ1v) is 8.08. The molecule has 11 heteroatoms. The van der Waals surface area contributed by atoms with Crippen molar-refractivity contribution in [1.29, 1.82) is 0 Å². The Morgan fingerprint density at radius 1 is 1.11 bits per heavy atom. The zero-order valence-corrected chi connectivity index (χ0v) is 14.6. The van der Waals surface area contributed by atoms with Gasteiger partial charge in [-0.25, -0.2) is 13.2 Å². The predicted molar refractivity (Wildman–Crippen MR) is 89.5 cm³/mol. The van der Waals surface area contributed by atoms with E-state index in [0.29, 0.717) is 18.8 Å². The minimum Gasteiger partial charge on any atom is -0.457 e. The summed E-state index contributed by atoms with van der Waals surface area (Å²) in [7, 11) is 0. The van der Waals surface area contributed by atoms with E-state index in [2.05, 4.69) is 20.3 Å². The van der Waals surface area contributed by atoms with Gasteiger partial charge in [-0.1, -0.05) is 0 Å². The van der Waals surface area contributed by atoms with Crippen LogP contribution in [0.1, 0.15) is 13.8 Å². The first-order chi connectivity index (χ1) is 12.8. The van der Waals surface area contributed by atoms with Gasteiger partial charge in [0.15, 0.2) is 6.61 Å². The molecule has 0 spiro atoms. The number of benzene rings is 1. The summed E-state index contributed by atoms with van der Waals surface area (Å²) in [5, 5.41) is 2.78. The van der Waals surface area contributed by atoms with E-state index in [4.69, 9.17) is 4.74 Å². The first kappa shape index (κ1) is 20.6. The van der Waals surface area contributed by atoms with Gasteiger partial charge in [-0.05, 0) is 38.1 Å². The fourth-order valence-corrected chi connectivity index (χ4v) is 2.05. The molecule has 1 aromatic heterocycles. The zero-order chi connectivity index (χ0) is 20.0. The number of aromatic nitrogens is 3. The van der Waals surface area contributed by atoms with Crippen LogP contribution in [0, 0.1) is 5.82 Å².